The van der Waals surface area contributed by atoms with Crippen molar-refractivity contribution >= 4 is 30.3 Å². The van der Waals surface area contributed by atoms with Gasteiger partial charge in [0.25, 0.3) is 0 Å². The largest absolute Gasteiger partial charge is 0.443 e. The molecule has 0 saturated carbocycles. The lowest BCUT2D eigenvalue weighted by atomic mass is 10.1. The molecule has 1 aromatic rings. The number of hydrogen-bond acceptors (Lipinski definition) is 8. The molecule has 0 heterocycles. The van der Waals surface area contributed by atoms with Crippen LogP contribution in [0.2, 0.25) is 0 Å². The van der Waals surface area contributed by atoms with Crippen LogP contribution in [0.3, 0.4) is 0 Å². The van der Waals surface area contributed by atoms with Crippen molar-refractivity contribution in [3.05, 3.63) is 35.4 Å². The van der Waals surface area contributed by atoms with Crippen LogP contribution in [0.5, 0.6) is 0 Å². The first-order valence-corrected chi connectivity index (χ1v) is 13.0. The summed E-state index contributed by atoms with van der Waals surface area (Å²) < 4.78 is 21.9. The highest BCUT2D eigenvalue weighted by Crippen LogP contribution is 2.21. The van der Waals surface area contributed by atoms with Crippen LogP contribution >= 0.6 is 0 Å². The third-order valence-corrected chi connectivity index (χ3v) is 4.22. The average Bonchev–Trinajstić information content (AvgIpc) is 2.66. The van der Waals surface area contributed by atoms with E-state index >= 15 is 0 Å². The molecule has 0 fully saturated rings. The second-order valence-electron chi connectivity index (χ2n) is 13.2. The summed E-state index contributed by atoms with van der Waals surface area (Å²) in [6, 6.07) is 7.18. The van der Waals surface area contributed by atoms with E-state index in [-0.39, 0.29) is 6.54 Å². The Kier molecular flexibility index (Phi) is 10.9. The first-order valence-electron chi connectivity index (χ1n) is 13.0. The summed E-state index contributed by atoms with van der Waals surface area (Å²) in [5.41, 5.74) is -2.55. The minimum atomic E-state index is -1.22. The molecule has 1 aromatic carbocycles. The highest BCUT2D eigenvalue weighted by atomic mass is 16.6. The molecule has 0 atom stereocenters. The van der Waals surface area contributed by atoms with Gasteiger partial charge < -0.3 is 18.9 Å². The molecule has 0 aliphatic carbocycles. The molecule has 0 bridgehead atoms. The molecule has 0 aliphatic rings. The second kappa shape index (κ2) is 12.7. The molecular formula is C29H45N3O8. The van der Waals surface area contributed by atoms with E-state index in [1.54, 1.807) is 101 Å². The number of nitrogens with zero attached hydrogens (tertiary/aromatic N) is 3. The van der Waals surface area contributed by atoms with Crippen molar-refractivity contribution in [1.29, 1.82) is 0 Å². The van der Waals surface area contributed by atoms with Crippen LogP contribution in [0.25, 0.3) is 0 Å². The zero-order valence-electron chi connectivity index (χ0n) is 26.1. The normalized spacial score (nSPS) is 12.8. The predicted octanol–water partition coefficient (Wildman–Crippen LogP) is 7.20. The zero-order valence-corrected chi connectivity index (χ0v) is 26.1. The molecule has 224 valence electrons. The number of hydrogen-bond donors (Lipinski definition) is 0. The smallest absolute Gasteiger partial charge is 0.437 e. The summed E-state index contributed by atoms with van der Waals surface area (Å²) >= 11 is 0. The molecule has 0 N–H and O–H groups in total. The van der Waals surface area contributed by atoms with Gasteiger partial charge in [-0.15, -0.1) is 9.89 Å². The maximum Gasteiger partial charge on any atom is 0.437 e. The van der Waals surface area contributed by atoms with Crippen LogP contribution in [-0.2, 0) is 25.5 Å². The summed E-state index contributed by atoms with van der Waals surface area (Å²) in [6.07, 6.45) is -4.57. The molecule has 0 radical (unpaired) electrons. The van der Waals surface area contributed by atoms with E-state index in [4.69, 9.17) is 18.9 Å². The van der Waals surface area contributed by atoms with Gasteiger partial charge >= 0.3 is 24.4 Å². The third-order valence-electron chi connectivity index (χ3n) is 4.22. The lowest BCUT2D eigenvalue weighted by Gasteiger charge is -2.34. The Labute approximate surface area is 237 Å². The van der Waals surface area contributed by atoms with E-state index in [1.807, 2.05) is 13.0 Å². The van der Waals surface area contributed by atoms with Crippen molar-refractivity contribution in [1.82, 2.24) is 9.80 Å². The second-order valence-corrected chi connectivity index (χ2v) is 13.2. The number of rotatable bonds is 2. The van der Waals surface area contributed by atoms with E-state index in [1.165, 1.54) is 0 Å². The van der Waals surface area contributed by atoms with Gasteiger partial charge in [0.2, 0.25) is 5.96 Å². The number of benzene rings is 1. The maximum absolute atomic E-state index is 13.6. The number of carbonyl (C=O) groups is 4. The summed E-state index contributed by atoms with van der Waals surface area (Å²) in [7, 11) is 0. The van der Waals surface area contributed by atoms with E-state index in [0.29, 0.717) is 10.5 Å². The van der Waals surface area contributed by atoms with Crippen LogP contribution in [0, 0.1) is 6.92 Å². The monoisotopic (exact) mass is 563 g/mol. The highest BCUT2D eigenvalue weighted by Gasteiger charge is 2.41. The fourth-order valence-electron chi connectivity index (χ4n) is 2.98. The van der Waals surface area contributed by atoms with E-state index in [0.717, 1.165) is 10.5 Å². The van der Waals surface area contributed by atoms with Gasteiger partial charge in [0.05, 0.1) is 6.54 Å². The number of imide groups is 1. The minimum Gasteiger partial charge on any atom is -0.443 e. The van der Waals surface area contributed by atoms with Gasteiger partial charge in [-0.05, 0) is 95.6 Å². The van der Waals surface area contributed by atoms with Crippen LogP contribution < -0.4 is 0 Å². The van der Waals surface area contributed by atoms with Crippen molar-refractivity contribution in [3.63, 3.8) is 0 Å². The van der Waals surface area contributed by atoms with E-state index in [9.17, 15) is 19.2 Å². The molecular weight excluding hydrogens is 518 g/mol. The lowest BCUT2D eigenvalue weighted by Crippen LogP contribution is -2.55. The van der Waals surface area contributed by atoms with Gasteiger partial charge in [-0.1, -0.05) is 29.8 Å². The molecule has 0 aromatic heterocycles. The van der Waals surface area contributed by atoms with E-state index in [2.05, 4.69) is 4.99 Å². The average molecular weight is 564 g/mol. The fourth-order valence-corrected chi connectivity index (χ4v) is 2.98. The quantitative estimate of drug-likeness (QED) is 0.210. The first-order chi connectivity index (χ1) is 17.9. The van der Waals surface area contributed by atoms with Gasteiger partial charge in [-0.3, -0.25) is 0 Å². The number of carbonyl (C=O) groups excluding carboxylic acids is 4. The summed E-state index contributed by atoms with van der Waals surface area (Å²) in [6.45, 7) is 21.1. The molecule has 40 heavy (non-hydrogen) atoms. The topological polar surface area (TPSA) is 124 Å². The summed E-state index contributed by atoms with van der Waals surface area (Å²) in [5.74, 6) is -0.700. The number of aliphatic imine (C=N–C) groups is 1. The van der Waals surface area contributed by atoms with Crippen molar-refractivity contribution < 1.29 is 38.1 Å². The number of guanidine groups is 1. The molecule has 1 rings (SSSR count). The Bertz CT molecular complexity index is 1090. The van der Waals surface area contributed by atoms with Crippen LogP contribution in [0.4, 0.5) is 19.2 Å². The number of amides is 4. The van der Waals surface area contributed by atoms with Gasteiger partial charge in [-0.2, -0.15) is 0 Å². The van der Waals surface area contributed by atoms with E-state index < -0.39 is 52.7 Å². The van der Waals surface area contributed by atoms with Gasteiger partial charge in [0.15, 0.2) is 0 Å². The maximum atomic E-state index is 13.6. The molecule has 0 saturated heterocycles. The SMILES string of the molecule is Cc1cccc(CN(C(=O)OC(C)(C)C)C(=NC(=O)OC(C)(C)C)N(C(=O)OC(C)(C)C)C(=O)OC(C)(C)C)c1. The van der Waals surface area contributed by atoms with Crippen molar-refractivity contribution in [2.45, 2.75) is 119 Å². The fraction of sp³-hybridized carbons (Fsp3) is 0.621. The van der Waals surface area contributed by atoms with Crippen LogP contribution in [0.1, 0.15) is 94.2 Å². The molecule has 11 nitrogen and oxygen atoms in total. The number of aryl methyl sites for hydroxylation is 1. The summed E-state index contributed by atoms with van der Waals surface area (Å²) in [5, 5.41) is 0. The highest BCUT2D eigenvalue weighted by molar-refractivity contribution is 6.13. The van der Waals surface area contributed by atoms with Crippen molar-refractivity contribution in [2.75, 3.05) is 0 Å². The van der Waals surface area contributed by atoms with Crippen LogP contribution in [0.15, 0.2) is 29.3 Å². The van der Waals surface area contributed by atoms with Gasteiger partial charge in [0.1, 0.15) is 22.4 Å². The van der Waals surface area contributed by atoms with Gasteiger partial charge in [-0.25, -0.2) is 24.1 Å². The Morgan fingerprint density at radius 3 is 1.50 bits per heavy atom. The summed E-state index contributed by atoms with van der Waals surface area (Å²) in [4.78, 5) is 58.9. The molecule has 4 amide bonds. The minimum absolute atomic E-state index is 0.222. The molecule has 0 unspecified atom stereocenters. The Morgan fingerprint density at radius 2 is 1.10 bits per heavy atom. The van der Waals surface area contributed by atoms with Crippen molar-refractivity contribution in [3.8, 4) is 0 Å². The van der Waals surface area contributed by atoms with Gasteiger partial charge in [0, 0.05) is 0 Å². The molecule has 0 aliphatic heterocycles. The zero-order chi connectivity index (χ0) is 31.3. The first kappa shape index (κ1) is 34.4. The Balaban J connectivity index is 3.96. The third kappa shape index (κ3) is 12.9. The molecule has 0 spiro atoms. The molecule has 11 heteroatoms. The standard InChI is InChI=1S/C29H45N3O8/c1-19-15-14-16-20(17-19)18-31(23(34)38-27(5,6)7)21(30-22(33)37-26(2,3)4)32(24(35)39-28(8,9)10)25(36)40-29(11,12)13/h14-17H,18H2,1-13H3. The predicted molar refractivity (Wildman–Crippen MR) is 151 cm³/mol. The number of ether oxygens (including phenoxy) is 4. The van der Waals surface area contributed by atoms with Crippen molar-refractivity contribution in [2.24, 2.45) is 4.99 Å². The lowest BCUT2D eigenvalue weighted by molar-refractivity contribution is 0.0103. The Morgan fingerprint density at radius 1 is 0.675 bits per heavy atom. The Hall–Kier alpha value is -3.63. The van der Waals surface area contributed by atoms with Crippen LogP contribution in [-0.4, -0.2) is 62.5 Å².